The molecule has 0 saturated carbocycles. The van der Waals surface area contributed by atoms with E-state index in [1.807, 2.05) is 0 Å². The van der Waals surface area contributed by atoms with Crippen molar-refractivity contribution in [2.24, 2.45) is 0 Å². The van der Waals surface area contributed by atoms with E-state index >= 15 is 0 Å². The van der Waals surface area contributed by atoms with Crippen molar-refractivity contribution >= 4 is 29.3 Å². The van der Waals surface area contributed by atoms with Crippen LogP contribution in [0, 0.1) is 0 Å². The Kier molecular flexibility index (Phi) is 4.31. The van der Waals surface area contributed by atoms with Gasteiger partial charge in [-0.3, -0.25) is 29.4 Å². The van der Waals surface area contributed by atoms with E-state index in [1.165, 1.54) is 7.11 Å². The molecule has 0 aliphatic carbocycles. The SMILES string of the molecule is COc1cc2c(cc1N1CCNCC1)C(=O)N(C1CCC(=O)NC1=O)C2=O. The Hall–Kier alpha value is -2.94. The van der Waals surface area contributed by atoms with E-state index in [9.17, 15) is 19.2 Å². The summed E-state index contributed by atoms with van der Waals surface area (Å²) >= 11 is 0. The van der Waals surface area contributed by atoms with Crippen molar-refractivity contribution < 1.29 is 23.9 Å². The number of carbonyl (C=O) groups is 4. The van der Waals surface area contributed by atoms with Crippen LogP contribution in [0.5, 0.6) is 5.75 Å². The average Bonchev–Trinajstić information content (AvgIpc) is 2.92. The minimum absolute atomic E-state index is 0.0964. The number of hydrogen-bond donors (Lipinski definition) is 2. The molecule has 2 fully saturated rings. The summed E-state index contributed by atoms with van der Waals surface area (Å²) in [6, 6.07) is 2.27. The summed E-state index contributed by atoms with van der Waals surface area (Å²) in [5.41, 5.74) is 1.24. The quantitative estimate of drug-likeness (QED) is 0.689. The van der Waals surface area contributed by atoms with Crippen LogP contribution in [0.4, 0.5) is 5.69 Å². The molecule has 4 amide bonds. The van der Waals surface area contributed by atoms with Crippen LogP contribution in [0.1, 0.15) is 33.6 Å². The lowest BCUT2D eigenvalue weighted by molar-refractivity contribution is -0.136. The molecule has 2 N–H and O–H groups in total. The zero-order chi connectivity index (χ0) is 19.1. The van der Waals surface area contributed by atoms with Crippen LogP contribution in [0.3, 0.4) is 0 Å². The molecule has 0 spiro atoms. The maximum absolute atomic E-state index is 12.9. The molecule has 3 heterocycles. The van der Waals surface area contributed by atoms with E-state index in [1.54, 1.807) is 12.1 Å². The zero-order valence-electron chi connectivity index (χ0n) is 14.9. The number of nitrogens with one attached hydrogen (secondary N) is 2. The summed E-state index contributed by atoms with van der Waals surface area (Å²) in [4.78, 5) is 52.4. The third-order valence-corrected chi connectivity index (χ3v) is 5.20. The molecule has 2 saturated heterocycles. The predicted octanol–water partition coefficient (Wildman–Crippen LogP) is -0.494. The lowest BCUT2D eigenvalue weighted by Gasteiger charge is -2.30. The van der Waals surface area contributed by atoms with Crippen LogP contribution in [0.2, 0.25) is 0 Å². The molecular formula is C18H20N4O5. The van der Waals surface area contributed by atoms with Gasteiger partial charge in [-0.25, -0.2) is 0 Å². The van der Waals surface area contributed by atoms with Gasteiger partial charge >= 0.3 is 0 Å². The summed E-state index contributed by atoms with van der Waals surface area (Å²) in [6.45, 7) is 3.15. The average molecular weight is 372 g/mol. The topological polar surface area (TPSA) is 108 Å². The Balaban J connectivity index is 1.70. The molecule has 1 atom stereocenters. The molecule has 27 heavy (non-hydrogen) atoms. The molecule has 3 aliphatic heterocycles. The number of carbonyl (C=O) groups excluding carboxylic acids is 4. The smallest absolute Gasteiger partial charge is 0.262 e. The van der Waals surface area contributed by atoms with Gasteiger partial charge in [-0.2, -0.15) is 0 Å². The maximum atomic E-state index is 12.9. The maximum Gasteiger partial charge on any atom is 0.262 e. The van der Waals surface area contributed by atoms with Crippen LogP contribution < -0.4 is 20.3 Å². The first-order valence-corrected chi connectivity index (χ1v) is 8.90. The molecule has 0 bridgehead atoms. The third-order valence-electron chi connectivity index (χ3n) is 5.20. The summed E-state index contributed by atoms with van der Waals surface area (Å²) in [5, 5.41) is 5.46. The second-order valence-corrected chi connectivity index (χ2v) is 6.75. The van der Waals surface area contributed by atoms with Crippen molar-refractivity contribution in [1.82, 2.24) is 15.5 Å². The van der Waals surface area contributed by atoms with Crippen LogP contribution in [0.25, 0.3) is 0 Å². The highest BCUT2D eigenvalue weighted by Crippen LogP contribution is 2.37. The number of methoxy groups -OCH3 is 1. The summed E-state index contributed by atoms with van der Waals surface area (Å²) in [5.74, 6) is -1.54. The number of rotatable bonds is 3. The lowest BCUT2D eigenvalue weighted by Crippen LogP contribution is -2.54. The van der Waals surface area contributed by atoms with E-state index in [4.69, 9.17) is 4.74 Å². The molecule has 3 aliphatic rings. The van der Waals surface area contributed by atoms with E-state index in [0.29, 0.717) is 5.75 Å². The Labute approximate surface area is 155 Å². The minimum atomic E-state index is -0.969. The van der Waals surface area contributed by atoms with E-state index in [2.05, 4.69) is 15.5 Å². The predicted molar refractivity (Wildman–Crippen MR) is 94.7 cm³/mol. The number of hydrogen-bond acceptors (Lipinski definition) is 7. The monoisotopic (exact) mass is 372 g/mol. The molecule has 1 aromatic carbocycles. The molecule has 1 aromatic rings. The van der Waals surface area contributed by atoms with Gasteiger partial charge in [0.15, 0.2) is 0 Å². The standard InChI is InChI=1S/C18H20N4O5/c1-27-14-9-11-10(8-13(14)21-6-4-19-5-7-21)17(25)22(18(11)26)12-2-3-15(23)20-16(12)24/h8-9,12,19H,2-7H2,1H3,(H,20,23,24). The van der Waals surface area contributed by atoms with Crippen molar-refractivity contribution in [3.05, 3.63) is 23.3 Å². The third kappa shape index (κ3) is 2.84. The van der Waals surface area contributed by atoms with Crippen LogP contribution in [-0.2, 0) is 9.59 Å². The molecule has 0 radical (unpaired) electrons. The van der Waals surface area contributed by atoms with Gasteiger partial charge in [0, 0.05) is 32.6 Å². The highest BCUT2D eigenvalue weighted by molar-refractivity contribution is 6.24. The molecule has 142 valence electrons. The van der Waals surface area contributed by atoms with Gasteiger partial charge in [0.1, 0.15) is 11.8 Å². The molecule has 9 heteroatoms. The first kappa shape index (κ1) is 17.5. The van der Waals surface area contributed by atoms with Crippen molar-refractivity contribution in [3.8, 4) is 5.75 Å². The van der Waals surface area contributed by atoms with Crippen molar-refractivity contribution in [1.29, 1.82) is 0 Å². The largest absolute Gasteiger partial charge is 0.495 e. The molecular weight excluding hydrogens is 352 g/mol. The second kappa shape index (κ2) is 6.66. The number of fused-ring (bicyclic) bond motifs is 1. The number of anilines is 1. The summed E-state index contributed by atoms with van der Waals surface area (Å²) < 4.78 is 5.46. The van der Waals surface area contributed by atoms with Gasteiger partial charge in [-0.1, -0.05) is 0 Å². The van der Waals surface area contributed by atoms with Gasteiger partial charge in [-0.15, -0.1) is 0 Å². The van der Waals surface area contributed by atoms with Gasteiger partial charge in [0.2, 0.25) is 11.8 Å². The second-order valence-electron chi connectivity index (χ2n) is 6.75. The molecule has 4 rings (SSSR count). The molecule has 1 unspecified atom stereocenters. The minimum Gasteiger partial charge on any atom is -0.495 e. The van der Waals surface area contributed by atoms with Gasteiger partial charge in [-0.05, 0) is 18.6 Å². The van der Waals surface area contributed by atoms with Crippen LogP contribution >= 0.6 is 0 Å². The van der Waals surface area contributed by atoms with Crippen LogP contribution in [0.15, 0.2) is 12.1 Å². The lowest BCUT2D eigenvalue weighted by atomic mass is 10.0. The number of benzene rings is 1. The highest BCUT2D eigenvalue weighted by atomic mass is 16.5. The first-order chi connectivity index (χ1) is 13.0. The fourth-order valence-electron chi connectivity index (χ4n) is 3.80. The number of amides is 4. The van der Waals surface area contributed by atoms with Crippen molar-refractivity contribution in [3.63, 3.8) is 0 Å². The Bertz CT molecular complexity index is 846. The van der Waals surface area contributed by atoms with Gasteiger partial charge in [0.25, 0.3) is 11.8 Å². The fourth-order valence-corrected chi connectivity index (χ4v) is 3.80. The molecule has 0 aromatic heterocycles. The normalized spacial score (nSPS) is 22.8. The van der Waals surface area contributed by atoms with Crippen molar-refractivity contribution in [2.45, 2.75) is 18.9 Å². The van der Waals surface area contributed by atoms with Gasteiger partial charge < -0.3 is 15.0 Å². The van der Waals surface area contributed by atoms with E-state index < -0.39 is 29.7 Å². The number of imide groups is 2. The summed E-state index contributed by atoms with van der Waals surface area (Å²) in [7, 11) is 1.52. The fraction of sp³-hybridized carbons (Fsp3) is 0.444. The highest BCUT2D eigenvalue weighted by Gasteiger charge is 2.45. The number of ether oxygens (including phenoxy) is 1. The van der Waals surface area contributed by atoms with Gasteiger partial charge in [0.05, 0.1) is 23.9 Å². The summed E-state index contributed by atoms with van der Waals surface area (Å²) in [6.07, 6.45) is 0.233. The van der Waals surface area contributed by atoms with Crippen molar-refractivity contribution in [2.75, 3.05) is 38.2 Å². The first-order valence-electron chi connectivity index (χ1n) is 8.90. The number of piperazine rings is 1. The Morgan fingerprint density at radius 1 is 1.04 bits per heavy atom. The van der Waals surface area contributed by atoms with E-state index in [0.717, 1.165) is 36.8 Å². The number of piperidine rings is 1. The molecule has 9 nitrogen and oxygen atoms in total. The van der Waals surface area contributed by atoms with Crippen LogP contribution in [-0.4, -0.2) is 67.9 Å². The Morgan fingerprint density at radius 3 is 2.33 bits per heavy atom. The Morgan fingerprint density at radius 2 is 1.70 bits per heavy atom. The van der Waals surface area contributed by atoms with E-state index in [-0.39, 0.29) is 24.0 Å². The number of nitrogens with zero attached hydrogens (tertiary/aromatic N) is 2. The zero-order valence-corrected chi connectivity index (χ0v) is 14.9.